The molecule has 6 nitrogen and oxygen atoms in total. The molecule has 0 saturated carbocycles. The van der Waals surface area contributed by atoms with Crippen LogP contribution in [-0.2, 0) is 11.4 Å². The fourth-order valence-corrected chi connectivity index (χ4v) is 3.10. The molecule has 3 aromatic carbocycles. The first-order valence-corrected chi connectivity index (χ1v) is 9.62. The Bertz CT molecular complexity index is 1120. The van der Waals surface area contributed by atoms with Gasteiger partial charge in [0.1, 0.15) is 12.4 Å². The minimum Gasteiger partial charge on any atom is -0.489 e. The monoisotopic (exact) mass is 398 g/mol. The van der Waals surface area contributed by atoms with Crippen LogP contribution in [0.3, 0.4) is 0 Å². The molecule has 0 radical (unpaired) electrons. The van der Waals surface area contributed by atoms with Crippen LogP contribution in [0.5, 0.6) is 5.75 Å². The third-order valence-corrected chi connectivity index (χ3v) is 4.71. The summed E-state index contributed by atoms with van der Waals surface area (Å²) < 4.78 is 5.84. The topological polar surface area (TPSA) is 79.0 Å². The van der Waals surface area contributed by atoms with Gasteiger partial charge < -0.3 is 15.4 Å². The summed E-state index contributed by atoms with van der Waals surface area (Å²) in [5, 5.41) is 13.4. The van der Waals surface area contributed by atoms with Crippen LogP contribution in [0.15, 0.2) is 78.9 Å². The average molecular weight is 398 g/mol. The molecule has 3 N–H and O–H groups in total. The van der Waals surface area contributed by atoms with Crippen molar-refractivity contribution in [2.45, 2.75) is 13.5 Å². The van der Waals surface area contributed by atoms with E-state index in [0.29, 0.717) is 18.8 Å². The maximum atomic E-state index is 10.6. The highest BCUT2D eigenvalue weighted by atomic mass is 16.5. The zero-order valence-electron chi connectivity index (χ0n) is 16.6. The Morgan fingerprint density at radius 1 is 1.00 bits per heavy atom. The maximum absolute atomic E-state index is 10.6. The number of aryl methyl sites for hydroxylation is 1. The third kappa shape index (κ3) is 4.67. The van der Waals surface area contributed by atoms with Crippen LogP contribution in [0, 0.1) is 6.92 Å². The zero-order chi connectivity index (χ0) is 20.8. The number of hydrogen-bond acceptors (Lipinski definition) is 4. The fourth-order valence-electron chi connectivity index (χ4n) is 3.10. The lowest BCUT2D eigenvalue weighted by molar-refractivity contribution is -0.105. The van der Waals surface area contributed by atoms with Gasteiger partial charge in [-0.3, -0.25) is 9.89 Å². The van der Waals surface area contributed by atoms with Crippen molar-refractivity contribution in [3.05, 3.63) is 90.0 Å². The number of carbonyl (C=O) groups is 1. The molecular weight excluding hydrogens is 376 g/mol. The van der Waals surface area contributed by atoms with E-state index in [9.17, 15) is 4.79 Å². The molecule has 0 aliphatic rings. The van der Waals surface area contributed by atoms with E-state index < -0.39 is 0 Å². The fraction of sp³-hybridized carbons (Fsp3) is 0.0833. The van der Waals surface area contributed by atoms with Gasteiger partial charge in [-0.25, -0.2) is 0 Å². The van der Waals surface area contributed by atoms with Crippen LogP contribution >= 0.6 is 0 Å². The van der Waals surface area contributed by atoms with Gasteiger partial charge in [-0.1, -0.05) is 30.3 Å². The molecule has 0 spiro atoms. The number of benzene rings is 3. The highest BCUT2D eigenvalue weighted by Crippen LogP contribution is 2.26. The molecule has 0 aliphatic heterocycles. The molecule has 1 aromatic heterocycles. The predicted octanol–water partition coefficient (Wildman–Crippen LogP) is 5.28. The van der Waals surface area contributed by atoms with Crippen molar-refractivity contribution >= 4 is 23.6 Å². The lowest BCUT2D eigenvalue weighted by Gasteiger charge is -2.08. The number of nitrogens with one attached hydrogen (secondary N) is 3. The molecule has 4 rings (SSSR count). The van der Waals surface area contributed by atoms with Crippen molar-refractivity contribution in [2.24, 2.45) is 0 Å². The van der Waals surface area contributed by atoms with E-state index in [4.69, 9.17) is 4.74 Å². The van der Waals surface area contributed by atoms with Gasteiger partial charge in [-0.05, 0) is 66.1 Å². The van der Waals surface area contributed by atoms with Crippen molar-refractivity contribution in [1.82, 2.24) is 10.2 Å². The Balaban J connectivity index is 1.40. The minimum atomic E-state index is 0.540. The molecule has 4 aromatic rings. The molecular formula is C24H22N4O2. The highest BCUT2D eigenvalue weighted by Gasteiger charge is 2.07. The molecule has 1 amide bonds. The van der Waals surface area contributed by atoms with Gasteiger partial charge >= 0.3 is 0 Å². The van der Waals surface area contributed by atoms with Crippen LogP contribution in [0.1, 0.15) is 11.1 Å². The summed E-state index contributed by atoms with van der Waals surface area (Å²) in [6.45, 7) is 2.51. The van der Waals surface area contributed by atoms with Crippen molar-refractivity contribution in [3.8, 4) is 17.0 Å². The number of amides is 1. The molecule has 150 valence electrons. The quantitative estimate of drug-likeness (QED) is 0.353. The molecule has 0 bridgehead atoms. The number of aromatic nitrogens is 2. The SMILES string of the molecule is Cc1cc(NC=O)ccc1Nc1cc(-c2ccc(OCc3ccccc3)cc2)[nH]n1. The molecule has 0 fully saturated rings. The maximum Gasteiger partial charge on any atom is 0.211 e. The predicted molar refractivity (Wildman–Crippen MR) is 119 cm³/mol. The molecule has 0 atom stereocenters. The lowest BCUT2D eigenvalue weighted by atomic mass is 10.1. The summed E-state index contributed by atoms with van der Waals surface area (Å²) in [5.74, 6) is 1.54. The van der Waals surface area contributed by atoms with Gasteiger partial charge in [-0.15, -0.1) is 0 Å². The largest absolute Gasteiger partial charge is 0.489 e. The Labute approximate surface area is 174 Å². The van der Waals surface area contributed by atoms with Gasteiger partial charge in [0.15, 0.2) is 5.82 Å². The zero-order valence-corrected chi connectivity index (χ0v) is 16.6. The number of anilines is 3. The number of aromatic amines is 1. The third-order valence-electron chi connectivity index (χ3n) is 4.71. The smallest absolute Gasteiger partial charge is 0.211 e. The number of carbonyl (C=O) groups excluding carboxylic acids is 1. The number of ether oxygens (including phenoxy) is 1. The normalized spacial score (nSPS) is 10.4. The molecule has 6 heteroatoms. The number of nitrogens with zero attached hydrogens (tertiary/aromatic N) is 1. The van der Waals surface area contributed by atoms with E-state index in [-0.39, 0.29) is 0 Å². The van der Waals surface area contributed by atoms with Crippen molar-refractivity contribution in [2.75, 3.05) is 10.6 Å². The average Bonchev–Trinajstić information content (AvgIpc) is 3.24. The van der Waals surface area contributed by atoms with Gasteiger partial charge in [0.25, 0.3) is 0 Å². The first-order valence-electron chi connectivity index (χ1n) is 9.62. The first kappa shape index (κ1) is 19.3. The summed E-state index contributed by atoms with van der Waals surface area (Å²) in [7, 11) is 0. The summed E-state index contributed by atoms with van der Waals surface area (Å²) >= 11 is 0. The number of hydrogen-bond donors (Lipinski definition) is 3. The van der Waals surface area contributed by atoms with Crippen molar-refractivity contribution < 1.29 is 9.53 Å². The van der Waals surface area contributed by atoms with Crippen molar-refractivity contribution in [3.63, 3.8) is 0 Å². The first-order chi connectivity index (χ1) is 14.7. The minimum absolute atomic E-state index is 0.540. The molecule has 0 saturated heterocycles. The molecule has 30 heavy (non-hydrogen) atoms. The summed E-state index contributed by atoms with van der Waals surface area (Å²) in [6.07, 6.45) is 0.667. The Morgan fingerprint density at radius 3 is 2.53 bits per heavy atom. The Morgan fingerprint density at radius 2 is 1.80 bits per heavy atom. The van der Waals surface area contributed by atoms with Crippen LogP contribution < -0.4 is 15.4 Å². The van der Waals surface area contributed by atoms with Crippen molar-refractivity contribution in [1.29, 1.82) is 0 Å². The van der Waals surface area contributed by atoms with Crippen LogP contribution in [-0.4, -0.2) is 16.6 Å². The van der Waals surface area contributed by atoms with E-state index in [0.717, 1.165) is 39.5 Å². The van der Waals surface area contributed by atoms with E-state index in [1.807, 2.05) is 85.8 Å². The van der Waals surface area contributed by atoms with Crippen LogP contribution in [0.25, 0.3) is 11.3 Å². The Hall–Kier alpha value is -4.06. The lowest BCUT2D eigenvalue weighted by Crippen LogP contribution is -1.97. The molecule has 1 heterocycles. The Kier molecular flexibility index (Phi) is 5.75. The van der Waals surface area contributed by atoms with Crippen LogP contribution in [0.4, 0.5) is 17.2 Å². The van der Waals surface area contributed by atoms with Gasteiger partial charge in [0.2, 0.25) is 6.41 Å². The second kappa shape index (κ2) is 8.96. The number of rotatable bonds is 8. The van der Waals surface area contributed by atoms with E-state index in [1.54, 1.807) is 0 Å². The molecule has 0 unspecified atom stereocenters. The standard InChI is InChI=1S/C24H22N4O2/c1-17-13-20(25-16-29)9-12-22(17)26-24-14-23(27-28-24)19-7-10-21(11-8-19)30-15-18-5-3-2-4-6-18/h2-14,16H,15H2,1H3,(H,25,29)(H2,26,27,28). The van der Waals surface area contributed by atoms with E-state index in [2.05, 4.69) is 20.8 Å². The second-order valence-electron chi connectivity index (χ2n) is 6.88. The van der Waals surface area contributed by atoms with E-state index >= 15 is 0 Å². The van der Waals surface area contributed by atoms with Gasteiger partial charge in [0.05, 0.1) is 5.69 Å². The number of H-pyrrole nitrogens is 1. The van der Waals surface area contributed by atoms with Crippen LogP contribution in [0.2, 0.25) is 0 Å². The summed E-state index contributed by atoms with van der Waals surface area (Å²) in [6, 6.07) is 25.6. The summed E-state index contributed by atoms with van der Waals surface area (Å²) in [4.78, 5) is 10.6. The molecule has 0 aliphatic carbocycles. The highest BCUT2D eigenvalue weighted by molar-refractivity contribution is 5.75. The van der Waals surface area contributed by atoms with Gasteiger partial charge in [0, 0.05) is 17.4 Å². The van der Waals surface area contributed by atoms with Gasteiger partial charge in [-0.2, -0.15) is 5.10 Å². The summed E-state index contributed by atoms with van der Waals surface area (Å²) in [5.41, 5.74) is 5.75. The van der Waals surface area contributed by atoms with E-state index in [1.165, 1.54) is 0 Å². The second-order valence-corrected chi connectivity index (χ2v) is 6.88.